The maximum absolute atomic E-state index is 12.2. The molecule has 0 bridgehead atoms. The van der Waals surface area contributed by atoms with E-state index in [-0.39, 0.29) is 29.9 Å². The van der Waals surface area contributed by atoms with Crippen LogP contribution in [0.3, 0.4) is 0 Å². The number of aryl methyl sites for hydroxylation is 1. The third kappa shape index (κ3) is 5.05. The van der Waals surface area contributed by atoms with Gasteiger partial charge in [0.15, 0.2) is 5.78 Å². The summed E-state index contributed by atoms with van der Waals surface area (Å²) >= 11 is 0. The van der Waals surface area contributed by atoms with Crippen LogP contribution in [-0.4, -0.2) is 11.7 Å². The molecule has 0 heterocycles. The number of anilines is 1. The molecule has 0 saturated heterocycles. The minimum atomic E-state index is -0.140. The minimum Gasteiger partial charge on any atom is -0.326 e. The van der Waals surface area contributed by atoms with Gasteiger partial charge < -0.3 is 5.32 Å². The Morgan fingerprint density at radius 3 is 2.00 bits per heavy atom. The predicted octanol–water partition coefficient (Wildman–Crippen LogP) is 4.89. The van der Waals surface area contributed by atoms with Crippen LogP contribution in [0.15, 0.2) is 48.5 Å². The Balaban J connectivity index is 1.88. The summed E-state index contributed by atoms with van der Waals surface area (Å²) in [6.45, 7) is 8.41. The molecule has 24 heavy (non-hydrogen) atoms. The molecule has 0 aliphatic carbocycles. The SMILES string of the molecule is Cc1ccc(NC(=O)CCC(=O)c2ccc(C(C)(C)C)cc2)cc1. The van der Waals surface area contributed by atoms with Crippen molar-refractivity contribution in [2.75, 3.05) is 5.32 Å². The van der Waals surface area contributed by atoms with Gasteiger partial charge in [-0.05, 0) is 30.0 Å². The molecule has 0 radical (unpaired) electrons. The summed E-state index contributed by atoms with van der Waals surface area (Å²) in [6, 6.07) is 15.3. The normalized spacial score (nSPS) is 11.2. The van der Waals surface area contributed by atoms with E-state index in [9.17, 15) is 9.59 Å². The van der Waals surface area contributed by atoms with Crippen molar-refractivity contribution >= 4 is 17.4 Å². The molecule has 0 aliphatic rings. The lowest BCUT2D eigenvalue weighted by Gasteiger charge is -2.18. The van der Waals surface area contributed by atoms with Crippen LogP contribution in [-0.2, 0) is 10.2 Å². The number of amides is 1. The second-order valence-electron chi connectivity index (χ2n) is 7.16. The number of hydrogen-bond donors (Lipinski definition) is 1. The molecule has 0 fully saturated rings. The van der Waals surface area contributed by atoms with Crippen LogP contribution in [0.4, 0.5) is 5.69 Å². The molecule has 0 unspecified atom stereocenters. The van der Waals surface area contributed by atoms with Gasteiger partial charge in [0.1, 0.15) is 0 Å². The van der Waals surface area contributed by atoms with E-state index in [0.29, 0.717) is 5.56 Å². The van der Waals surface area contributed by atoms with Gasteiger partial charge in [-0.15, -0.1) is 0 Å². The molecular formula is C21H25NO2. The molecule has 0 atom stereocenters. The fourth-order valence-electron chi connectivity index (χ4n) is 2.39. The standard InChI is InChI=1S/C21H25NO2/c1-15-5-11-18(12-6-15)22-20(24)14-13-19(23)16-7-9-17(10-8-16)21(2,3)4/h5-12H,13-14H2,1-4H3,(H,22,24). The van der Waals surface area contributed by atoms with Crippen LogP contribution < -0.4 is 5.32 Å². The van der Waals surface area contributed by atoms with Crippen molar-refractivity contribution in [2.45, 2.75) is 46.0 Å². The van der Waals surface area contributed by atoms with Gasteiger partial charge in [-0.2, -0.15) is 0 Å². The third-order valence-corrected chi connectivity index (χ3v) is 3.99. The Kier molecular flexibility index (Phi) is 5.55. The first-order valence-electron chi connectivity index (χ1n) is 8.26. The first kappa shape index (κ1) is 17.9. The van der Waals surface area contributed by atoms with E-state index in [2.05, 4.69) is 26.1 Å². The summed E-state index contributed by atoms with van der Waals surface area (Å²) in [5, 5.41) is 2.81. The highest BCUT2D eigenvalue weighted by Gasteiger charge is 2.15. The van der Waals surface area contributed by atoms with Crippen LogP contribution in [0.5, 0.6) is 0 Å². The zero-order valence-corrected chi connectivity index (χ0v) is 14.8. The highest BCUT2D eigenvalue weighted by atomic mass is 16.2. The Morgan fingerprint density at radius 2 is 1.46 bits per heavy atom. The van der Waals surface area contributed by atoms with Crippen molar-refractivity contribution in [1.29, 1.82) is 0 Å². The van der Waals surface area contributed by atoms with Crippen molar-refractivity contribution in [3.05, 3.63) is 65.2 Å². The summed E-state index contributed by atoms with van der Waals surface area (Å²) in [4.78, 5) is 24.2. The smallest absolute Gasteiger partial charge is 0.224 e. The largest absolute Gasteiger partial charge is 0.326 e. The van der Waals surface area contributed by atoms with E-state index < -0.39 is 0 Å². The Labute approximate surface area is 144 Å². The summed E-state index contributed by atoms with van der Waals surface area (Å²) in [7, 11) is 0. The third-order valence-electron chi connectivity index (χ3n) is 3.99. The van der Waals surface area contributed by atoms with E-state index in [1.54, 1.807) is 0 Å². The lowest BCUT2D eigenvalue weighted by atomic mass is 9.86. The van der Waals surface area contributed by atoms with E-state index in [1.165, 1.54) is 5.56 Å². The summed E-state index contributed by atoms with van der Waals surface area (Å²) < 4.78 is 0. The van der Waals surface area contributed by atoms with Crippen molar-refractivity contribution in [2.24, 2.45) is 0 Å². The Hall–Kier alpha value is -2.42. The molecule has 1 amide bonds. The van der Waals surface area contributed by atoms with Crippen LogP contribution in [0, 0.1) is 6.92 Å². The maximum Gasteiger partial charge on any atom is 0.224 e. The Morgan fingerprint density at radius 1 is 0.875 bits per heavy atom. The number of Topliss-reactive ketones (excluding diaryl/α,β-unsaturated/α-hetero) is 1. The highest BCUT2D eigenvalue weighted by molar-refractivity contribution is 6.00. The molecule has 0 aromatic heterocycles. The molecule has 2 aromatic carbocycles. The number of ketones is 1. The fourth-order valence-corrected chi connectivity index (χ4v) is 2.39. The zero-order valence-electron chi connectivity index (χ0n) is 14.8. The van der Waals surface area contributed by atoms with Crippen molar-refractivity contribution in [1.82, 2.24) is 0 Å². The molecule has 0 spiro atoms. The van der Waals surface area contributed by atoms with Gasteiger partial charge in [-0.3, -0.25) is 9.59 Å². The topological polar surface area (TPSA) is 46.2 Å². The summed E-state index contributed by atoms with van der Waals surface area (Å²) in [5.41, 5.74) is 3.81. The van der Waals surface area contributed by atoms with Gasteiger partial charge in [0.05, 0.1) is 0 Å². The first-order chi connectivity index (χ1) is 11.3. The van der Waals surface area contributed by atoms with Crippen molar-refractivity contribution in [3.8, 4) is 0 Å². The molecule has 126 valence electrons. The van der Waals surface area contributed by atoms with Crippen molar-refractivity contribution < 1.29 is 9.59 Å². The molecule has 1 N–H and O–H groups in total. The van der Waals surface area contributed by atoms with E-state index in [1.807, 2.05) is 55.5 Å². The zero-order chi connectivity index (χ0) is 17.7. The lowest BCUT2D eigenvalue weighted by molar-refractivity contribution is -0.116. The molecule has 0 saturated carbocycles. The molecular weight excluding hydrogens is 298 g/mol. The number of nitrogens with one attached hydrogen (secondary N) is 1. The van der Waals surface area contributed by atoms with Gasteiger partial charge in [-0.25, -0.2) is 0 Å². The van der Waals surface area contributed by atoms with E-state index in [4.69, 9.17) is 0 Å². The van der Waals surface area contributed by atoms with Crippen LogP contribution >= 0.6 is 0 Å². The van der Waals surface area contributed by atoms with Crippen molar-refractivity contribution in [3.63, 3.8) is 0 Å². The lowest BCUT2D eigenvalue weighted by Crippen LogP contribution is -2.14. The number of carbonyl (C=O) groups excluding carboxylic acids is 2. The number of rotatable bonds is 5. The molecule has 0 aliphatic heterocycles. The second-order valence-corrected chi connectivity index (χ2v) is 7.16. The summed E-state index contributed by atoms with van der Waals surface area (Å²) in [5.74, 6) is -0.145. The average Bonchev–Trinajstić information content (AvgIpc) is 2.54. The van der Waals surface area contributed by atoms with Gasteiger partial charge in [-0.1, -0.05) is 62.7 Å². The van der Waals surface area contributed by atoms with Gasteiger partial charge in [0.2, 0.25) is 5.91 Å². The maximum atomic E-state index is 12.2. The first-order valence-corrected chi connectivity index (χ1v) is 8.26. The fraction of sp³-hybridized carbons (Fsp3) is 0.333. The average molecular weight is 323 g/mol. The number of carbonyl (C=O) groups is 2. The molecule has 2 rings (SSSR count). The van der Waals surface area contributed by atoms with Gasteiger partial charge >= 0.3 is 0 Å². The number of benzene rings is 2. The molecule has 3 nitrogen and oxygen atoms in total. The molecule has 3 heteroatoms. The monoisotopic (exact) mass is 323 g/mol. The van der Waals surface area contributed by atoms with E-state index in [0.717, 1.165) is 11.3 Å². The van der Waals surface area contributed by atoms with Crippen LogP contribution in [0.25, 0.3) is 0 Å². The van der Waals surface area contributed by atoms with Crippen LogP contribution in [0.1, 0.15) is 55.1 Å². The van der Waals surface area contributed by atoms with Gasteiger partial charge in [0.25, 0.3) is 0 Å². The second kappa shape index (κ2) is 7.43. The highest BCUT2D eigenvalue weighted by Crippen LogP contribution is 2.22. The predicted molar refractivity (Wildman–Crippen MR) is 98.5 cm³/mol. The van der Waals surface area contributed by atoms with Gasteiger partial charge in [0, 0.05) is 24.1 Å². The number of hydrogen-bond acceptors (Lipinski definition) is 2. The summed E-state index contributed by atoms with van der Waals surface area (Å²) in [6.07, 6.45) is 0.403. The van der Waals surface area contributed by atoms with Crippen LogP contribution in [0.2, 0.25) is 0 Å². The van der Waals surface area contributed by atoms with E-state index >= 15 is 0 Å². The Bertz CT molecular complexity index is 707. The molecule has 2 aromatic rings. The quantitative estimate of drug-likeness (QED) is 0.796. The minimum absolute atomic E-state index is 0.00508.